The molecule has 26 heavy (non-hydrogen) atoms. The highest BCUT2D eigenvalue weighted by molar-refractivity contribution is 8.00. The monoisotopic (exact) mass is 404 g/mol. The van der Waals surface area contributed by atoms with Crippen LogP contribution >= 0.6 is 34.4 Å². The lowest BCUT2D eigenvalue weighted by Gasteiger charge is -2.12. The molecule has 0 aromatic carbocycles. The third-order valence-electron chi connectivity index (χ3n) is 4.29. The van der Waals surface area contributed by atoms with Crippen LogP contribution in [-0.2, 0) is 17.6 Å². The van der Waals surface area contributed by atoms with Crippen molar-refractivity contribution >= 4 is 61.5 Å². The first-order valence-corrected chi connectivity index (χ1v) is 10.7. The maximum Gasteiger partial charge on any atom is 0.251 e. The summed E-state index contributed by atoms with van der Waals surface area (Å²) in [6, 6.07) is 1.96. The Bertz CT molecular complexity index is 1010. The first kappa shape index (κ1) is 17.4. The lowest BCUT2D eigenvalue weighted by atomic mass is 10.1. The van der Waals surface area contributed by atoms with Crippen molar-refractivity contribution in [1.29, 1.82) is 0 Å². The highest BCUT2D eigenvalue weighted by Crippen LogP contribution is 2.39. The summed E-state index contributed by atoms with van der Waals surface area (Å²) in [5.41, 5.74) is 7.04. The molecular formula is C17H16N4O2S3. The standard InChI is InChI=1S/C17H16N4O2S3/c1-8(25-16-10-5-6-24-15(10)19-7-20-16)14(23)21-17-12(13(18)22)9-3-2-4-11(9)26-17/h5-8H,2-4H2,1H3,(H2,18,22)(H,21,23)/t8-/m0/s1. The lowest BCUT2D eigenvalue weighted by Crippen LogP contribution is -2.24. The quantitative estimate of drug-likeness (QED) is 0.501. The SMILES string of the molecule is C[C@H](Sc1ncnc2sccc12)C(=O)Nc1sc2c(c1C(N)=O)CCC2. The van der Waals surface area contributed by atoms with E-state index in [1.807, 2.05) is 18.4 Å². The van der Waals surface area contributed by atoms with E-state index in [4.69, 9.17) is 5.73 Å². The number of thiophene rings is 2. The summed E-state index contributed by atoms with van der Waals surface area (Å²) in [5, 5.41) is 6.80. The zero-order valence-corrected chi connectivity index (χ0v) is 16.4. The smallest absolute Gasteiger partial charge is 0.251 e. The number of primary amides is 1. The molecule has 0 bridgehead atoms. The van der Waals surface area contributed by atoms with Gasteiger partial charge in [0.25, 0.3) is 5.91 Å². The number of carbonyl (C=O) groups is 2. The van der Waals surface area contributed by atoms with Crippen LogP contribution in [-0.4, -0.2) is 27.0 Å². The molecule has 0 spiro atoms. The normalized spacial score (nSPS) is 14.3. The molecule has 0 saturated heterocycles. The second kappa shape index (κ2) is 6.98. The van der Waals surface area contributed by atoms with E-state index in [2.05, 4.69) is 15.3 Å². The molecule has 2 amide bonds. The van der Waals surface area contributed by atoms with Crippen LogP contribution in [0.1, 0.15) is 34.1 Å². The van der Waals surface area contributed by atoms with Gasteiger partial charge < -0.3 is 11.1 Å². The number of aromatic nitrogens is 2. The van der Waals surface area contributed by atoms with E-state index >= 15 is 0 Å². The molecule has 3 N–H and O–H groups in total. The Hall–Kier alpha value is -1.97. The number of amides is 2. The van der Waals surface area contributed by atoms with Crippen LogP contribution in [0.2, 0.25) is 0 Å². The number of nitrogens with one attached hydrogen (secondary N) is 1. The molecule has 134 valence electrons. The highest BCUT2D eigenvalue weighted by atomic mass is 32.2. The number of rotatable bonds is 5. The molecule has 3 aromatic rings. The van der Waals surface area contributed by atoms with Crippen molar-refractivity contribution < 1.29 is 9.59 Å². The van der Waals surface area contributed by atoms with Crippen LogP contribution in [0.15, 0.2) is 22.8 Å². The molecular weight excluding hydrogens is 388 g/mol. The number of aryl methyl sites for hydroxylation is 1. The van der Waals surface area contributed by atoms with Crippen molar-refractivity contribution in [2.75, 3.05) is 5.32 Å². The second-order valence-corrected chi connectivity index (χ2v) is 9.32. The minimum absolute atomic E-state index is 0.167. The van der Waals surface area contributed by atoms with Crippen LogP contribution in [0, 0.1) is 0 Å². The van der Waals surface area contributed by atoms with Gasteiger partial charge in [-0.2, -0.15) is 0 Å². The molecule has 0 saturated carbocycles. The summed E-state index contributed by atoms with van der Waals surface area (Å²) in [4.78, 5) is 35.1. The van der Waals surface area contributed by atoms with Crippen molar-refractivity contribution in [3.63, 3.8) is 0 Å². The van der Waals surface area contributed by atoms with Gasteiger partial charge in [0, 0.05) is 10.3 Å². The molecule has 0 radical (unpaired) electrons. The number of nitrogens with zero attached hydrogens (tertiary/aromatic N) is 2. The van der Waals surface area contributed by atoms with E-state index < -0.39 is 5.91 Å². The first-order valence-electron chi connectivity index (χ1n) is 8.14. The third-order valence-corrected chi connectivity index (χ3v) is 7.43. The Kier molecular flexibility index (Phi) is 4.68. The number of nitrogens with two attached hydrogens (primary N) is 1. The maximum atomic E-state index is 12.7. The Labute approximate surface area is 162 Å². The van der Waals surface area contributed by atoms with Crippen LogP contribution in [0.5, 0.6) is 0 Å². The van der Waals surface area contributed by atoms with Gasteiger partial charge in [0.15, 0.2) is 0 Å². The van der Waals surface area contributed by atoms with Crippen molar-refractivity contribution in [3.05, 3.63) is 33.8 Å². The second-order valence-electron chi connectivity index (χ2n) is 5.99. The van der Waals surface area contributed by atoms with Crippen molar-refractivity contribution in [2.24, 2.45) is 5.73 Å². The van der Waals surface area contributed by atoms with Gasteiger partial charge in [-0.1, -0.05) is 11.8 Å². The van der Waals surface area contributed by atoms with Gasteiger partial charge in [-0.25, -0.2) is 9.97 Å². The number of anilines is 1. The summed E-state index contributed by atoms with van der Waals surface area (Å²) >= 11 is 4.39. The molecule has 0 aliphatic heterocycles. The number of fused-ring (bicyclic) bond motifs is 2. The van der Waals surface area contributed by atoms with E-state index in [9.17, 15) is 9.59 Å². The molecule has 1 aliphatic carbocycles. The minimum atomic E-state index is -0.476. The van der Waals surface area contributed by atoms with E-state index in [1.54, 1.807) is 11.3 Å². The Morgan fingerprint density at radius 1 is 1.35 bits per heavy atom. The van der Waals surface area contributed by atoms with Gasteiger partial charge in [0.1, 0.15) is 21.2 Å². The topological polar surface area (TPSA) is 98.0 Å². The van der Waals surface area contributed by atoms with Gasteiger partial charge in [0.2, 0.25) is 5.91 Å². The number of hydrogen-bond donors (Lipinski definition) is 2. The lowest BCUT2D eigenvalue weighted by molar-refractivity contribution is -0.115. The van der Waals surface area contributed by atoms with Crippen molar-refractivity contribution in [1.82, 2.24) is 9.97 Å². The molecule has 4 rings (SSSR count). The predicted octanol–water partition coefficient (Wildman–Crippen LogP) is 3.46. The number of carbonyl (C=O) groups excluding carboxylic acids is 2. The fraction of sp³-hybridized carbons (Fsp3) is 0.294. The van der Waals surface area contributed by atoms with Crippen molar-refractivity contribution in [2.45, 2.75) is 36.5 Å². The zero-order chi connectivity index (χ0) is 18.3. The molecule has 0 unspecified atom stereocenters. The average Bonchev–Trinajstić information content (AvgIpc) is 3.29. The van der Waals surface area contributed by atoms with E-state index in [0.29, 0.717) is 10.6 Å². The summed E-state index contributed by atoms with van der Waals surface area (Å²) in [6.07, 6.45) is 4.34. The van der Waals surface area contributed by atoms with Crippen LogP contribution in [0.4, 0.5) is 5.00 Å². The summed E-state index contributed by atoms with van der Waals surface area (Å²) in [5.74, 6) is -0.643. The molecule has 0 fully saturated rings. The van der Waals surface area contributed by atoms with E-state index in [0.717, 1.165) is 44.9 Å². The van der Waals surface area contributed by atoms with Crippen LogP contribution in [0.3, 0.4) is 0 Å². The average molecular weight is 405 g/mol. The van der Waals surface area contributed by atoms with Gasteiger partial charge in [-0.3, -0.25) is 9.59 Å². The summed E-state index contributed by atoms with van der Waals surface area (Å²) in [7, 11) is 0. The number of hydrogen-bond acceptors (Lipinski definition) is 7. The first-order chi connectivity index (χ1) is 12.5. The maximum absolute atomic E-state index is 12.7. The molecule has 6 nitrogen and oxygen atoms in total. The van der Waals surface area contributed by atoms with Gasteiger partial charge >= 0.3 is 0 Å². The van der Waals surface area contributed by atoms with Crippen LogP contribution < -0.4 is 11.1 Å². The Morgan fingerprint density at radius 2 is 2.19 bits per heavy atom. The zero-order valence-electron chi connectivity index (χ0n) is 13.9. The molecule has 3 heterocycles. The fourth-order valence-electron chi connectivity index (χ4n) is 3.05. The summed E-state index contributed by atoms with van der Waals surface area (Å²) in [6.45, 7) is 1.82. The Balaban J connectivity index is 1.53. The van der Waals surface area contributed by atoms with Gasteiger partial charge in [-0.05, 0) is 43.2 Å². The van der Waals surface area contributed by atoms with E-state index in [1.165, 1.54) is 29.4 Å². The molecule has 1 aliphatic rings. The van der Waals surface area contributed by atoms with Crippen LogP contribution in [0.25, 0.3) is 10.2 Å². The third kappa shape index (κ3) is 3.10. The Morgan fingerprint density at radius 3 is 3.00 bits per heavy atom. The van der Waals surface area contributed by atoms with Gasteiger partial charge in [-0.15, -0.1) is 22.7 Å². The highest BCUT2D eigenvalue weighted by Gasteiger charge is 2.27. The predicted molar refractivity (Wildman–Crippen MR) is 106 cm³/mol. The summed E-state index contributed by atoms with van der Waals surface area (Å²) < 4.78 is 0. The fourth-order valence-corrected chi connectivity index (χ4v) is 6.04. The van der Waals surface area contributed by atoms with Gasteiger partial charge in [0.05, 0.1) is 10.8 Å². The molecule has 3 aromatic heterocycles. The molecule has 1 atom stereocenters. The van der Waals surface area contributed by atoms with Crippen molar-refractivity contribution in [3.8, 4) is 0 Å². The van der Waals surface area contributed by atoms with E-state index in [-0.39, 0.29) is 11.2 Å². The molecule has 9 heteroatoms. The largest absolute Gasteiger partial charge is 0.365 e. The number of thioether (sulfide) groups is 1. The minimum Gasteiger partial charge on any atom is -0.365 e.